The van der Waals surface area contributed by atoms with Crippen LogP contribution in [0.15, 0.2) is 30.3 Å². The number of nitrogen functional groups attached to an aromatic ring is 1. The Hall–Kier alpha value is -2.36. The van der Waals surface area contributed by atoms with E-state index in [9.17, 15) is 9.90 Å². The Morgan fingerprint density at radius 1 is 0.806 bits per heavy atom. The number of unbranched alkanes of at least 4 members (excludes halogenated alkanes) is 13. The van der Waals surface area contributed by atoms with Crippen molar-refractivity contribution in [2.75, 3.05) is 12.3 Å². The predicted molar refractivity (Wildman–Crippen MR) is 147 cm³/mol. The van der Waals surface area contributed by atoms with Crippen LogP contribution in [-0.4, -0.2) is 35.1 Å². The summed E-state index contributed by atoms with van der Waals surface area (Å²) >= 11 is 0. The molecule has 0 aromatic heterocycles. The van der Waals surface area contributed by atoms with E-state index in [1.165, 1.54) is 77.0 Å². The van der Waals surface area contributed by atoms with Crippen LogP contribution < -0.4 is 11.1 Å². The molecule has 0 unspecified atom stereocenters. The highest BCUT2D eigenvalue weighted by Crippen LogP contribution is 2.33. The number of rotatable bonds is 16. The van der Waals surface area contributed by atoms with Gasteiger partial charge in [0.2, 0.25) is 0 Å². The van der Waals surface area contributed by atoms with Crippen LogP contribution in [0.25, 0.3) is 10.8 Å². The smallest absolute Gasteiger partial charge is 0.394 e. The molecule has 8 nitrogen and oxygen atoms in total. The first-order valence-corrected chi connectivity index (χ1v) is 14.5. The van der Waals surface area contributed by atoms with E-state index in [1.54, 1.807) is 12.1 Å². The number of aromatic hydroxyl groups is 1. The summed E-state index contributed by atoms with van der Waals surface area (Å²) in [6.07, 6.45) is 18.4. The first kappa shape index (κ1) is 31.7. The minimum absolute atomic E-state index is 0.00302. The molecule has 0 aliphatic heterocycles. The highest BCUT2D eigenvalue weighted by molar-refractivity contribution is 7.79. The van der Waals surface area contributed by atoms with Crippen molar-refractivity contribution in [2.24, 2.45) is 0 Å². The van der Waals surface area contributed by atoms with Crippen molar-refractivity contribution in [1.82, 2.24) is 5.32 Å². The number of nitrogens with two attached hydrogens (primary N) is 1. The van der Waals surface area contributed by atoms with Gasteiger partial charge in [-0.05, 0) is 12.5 Å². The summed E-state index contributed by atoms with van der Waals surface area (Å²) in [5.41, 5.74) is 6.82. The topological polar surface area (TPSA) is 150 Å². The Labute approximate surface area is 216 Å². The van der Waals surface area contributed by atoms with Crippen LogP contribution in [0.4, 0.5) is 5.69 Å². The van der Waals surface area contributed by atoms with E-state index >= 15 is 0 Å². The van der Waals surface area contributed by atoms with Gasteiger partial charge in [-0.2, -0.15) is 8.42 Å². The van der Waals surface area contributed by atoms with E-state index in [2.05, 4.69) is 12.2 Å². The Morgan fingerprint density at radius 3 is 1.69 bits per heavy atom. The maximum absolute atomic E-state index is 12.5. The third-order valence-electron chi connectivity index (χ3n) is 6.11. The molecule has 0 aliphatic carbocycles. The van der Waals surface area contributed by atoms with Crippen LogP contribution in [0.5, 0.6) is 5.75 Å². The summed E-state index contributed by atoms with van der Waals surface area (Å²) in [4.78, 5) is 12.5. The zero-order valence-corrected chi connectivity index (χ0v) is 22.4. The van der Waals surface area contributed by atoms with Gasteiger partial charge in [-0.15, -0.1) is 0 Å². The van der Waals surface area contributed by atoms with Gasteiger partial charge in [0.1, 0.15) is 5.75 Å². The fourth-order valence-corrected chi connectivity index (χ4v) is 4.18. The zero-order valence-electron chi connectivity index (χ0n) is 21.5. The molecule has 0 fully saturated rings. The number of phenols is 1. The molecule has 2 aromatic carbocycles. The number of hydrogen-bond acceptors (Lipinski definition) is 5. The quantitative estimate of drug-likeness (QED) is 0.0710. The van der Waals surface area contributed by atoms with E-state index in [-0.39, 0.29) is 17.2 Å². The highest BCUT2D eigenvalue weighted by atomic mass is 32.3. The van der Waals surface area contributed by atoms with E-state index in [0.29, 0.717) is 17.6 Å². The molecule has 0 aliphatic rings. The molecular weight excluding hydrogens is 480 g/mol. The van der Waals surface area contributed by atoms with Crippen LogP contribution in [-0.2, 0) is 10.4 Å². The second kappa shape index (κ2) is 18.0. The SMILES string of the molecule is CCCCCCCCCCCCCCCCNC(=O)c1cc(N)c2ccccc2c1O.O=S(=O)(O)O. The van der Waals surface area contributed by atoms with Crippen molar-refractivity contribution in [3.8, 4) is 5.75 Å². The lowest BCUT2D eigenvalue weighted by atomic mass is 10.0. The van der Waals surface area contributed by atoms with Crippen molar-refractivity contribution >= 4 is 32.8 Å². The number of carbonyl (C=O) groups is 1. The summed E-state index contributed by atoms with van der Waals surface area (Å²) < 4.78 is 31.6. The number of benzene rings is 2. The lowest BCUT2D eigenvalue weighted by Gasteiger charge is -2.11. The largest absolute Gasteiger partial charge is 0.506 e. The van der Waals surface area contributed by atoms with Gasteiger partial charge >= 0.3 is 10.4 Å². The van der Waals surface area contributed by atoms with Crippen molar-refractivity contribution < 1.29 is 27.4 Å². The van der Waals surface area contributed by atoms with Crippen LogP contribution in [0.2, 0.25) is 0 Å². The van der Waals surface area contributed by atoms with Crippen LogP contribution in [0.1, 0.15) is 107 Å². The Morgan fingerprint density at radius 2 is 1.22 bits per heavy atom. The van der Waals surface area contributed by atoms with E-state index in [0.717, 1.165) is 18.2 Å². The standard InChI is InChI=1S/C27H42N2O2.H2O4S/c1-2-3-4-5-6-7-8-9-10-11-12-13-14-17-20-29-27(31)24-21-25(28)22-18-15-16-19-23(22)26(24)30;1-5(2,3)4/h15-16,18-19,21,30H,2-14,17,20,28H2,1H3,(H,29,31);(H2,1,2,3,4). The summed E-state index contributed by atoms with van der Waals surface area (Å²) in [6, 6.07) is 8.90. The number of carbonyl (C=O) groups excluding carboxylic acids is 1. The van der Waals surface area contributed by atoms with Crippen LogP contribution >= 0.6 is 0 Å². The molecular formula is C27H44N2O6S. The number of hydrogen-bond donors (Lipinski definition) is 5. The average Bonchev–Trinajstić information content (AvgIpc) is 2.82. The van der Waals surface area contributed by atoms with Gasteiger partial charge in [0.25, 0.3) is 5.91 Å². The summed E-state index contributed by atoms with van der Waals surface area (Å²) in [7, 11) is -4.67. The molecule has 0 heterocycles. The average molecular weight is 525 g/mol. The molecule has 0 spiro atoms. The molecule has 0 bridgehead atoms. The number of anilines is 1. The molecule has 1 amide bonds. The third kappa shape index (κ3) is 14.3. The lowest BCUT2D eigenvalue weighted by molar-refractivity contribution is 0.0950. The molecule has 36 heavy (non-hydrogen) atoms. The first-order chi connectivity index (χ1) is 17.1. The summed E-state index contributed by atoms with van der Waals surface area (Å²) in [5.74, 6) is -0.257. The molecule has 2 rings (SSSR count). The molecule has 0 atom stereocenters. The molecule has 9 heteroatoms. The Balaban J connectivity index is 0.00000118. The number of amides is 1. The fraction of sp³-hybridized carbons (Fsp3) is 0.593. The summed E-state index contributed by atoms with van der Waals surface area (Å²) in [5, 5.41) is 14.8. The number of fused-ring (bicyclic) bond motifs is 1. The highest BCUT2D eigenvalue weighted by Gasteiger charge is 2.15. The van der Waals surface area contributed by atoms with Gasteiger partial charge in [-0.25, -0.2) is 0 Å². The van der Waals surface area contributed by atoms with Gasteiger partial charge in [0.05, 0.1) is 5.56 Å². The second-order valence-electron chi connectivity index (χ2n) is 9.21. The van der Waals surface area contributed by atoms with Gasteiger partial charge in [-0.1, -0.05) is 115 Å². The van der Waals surface area contributed by atoms with Crippen molar-refractivity contribution in [3.63, 3.8) is 0 Å². The third-order valence-corrected chi connectivity index (χ3v) is 6.11. The van der Waals surface area contributed by atoms with Gasteiger partial charge < -0.3 is 16.2 Å². The van der Waals surface area contributed by atoms with Gasteiger partial charge in [0, 0.05) is 23.0 Å². The van der Waals surface area contributed by atoms with Crippen molar-refractivity contribution in [3.05, 3.63) is 35.9 Å². The predicted octanol–water partition coefficient (Wildman–Crippen LogP) is 6.69. The molecule has 204 valence electrons. The maximum atomic E-state index is 12.5. The van der Waals surface area contributed by atoms with Crippen LogP contribution in [0, 0.1) is 0 Å². The Kier molecular flexibility index (Phi) is 15.8. The second-order valence-corrected chi connectivity index (χ2v) is 10.1. The fourth-order valence-electron chi connectivity index (χ4n) is 4.18. The zero-order chi connectivity index (χ0) is 26.8. The molecule has 0 radical (unpaired) electrons. The Bertz CT molecular complexity index is 1000. The normalized spacial score (nSPS) is 11.2. The minimum atomic E-state index is -4.67. The van der Waals surface area contributed by atoms with Crippen LogP contribution in [0.3, 0.4) is 0 Å². The van der Waals surface area contributed by atoms with E-state index < -0.39 is 10.4 Å². The van der Waals surface area contributed by atoms with Gasteiger partial charge in [0.15, 0.2) is 0 Å². The number of phenolic OH excluding ortho intramolecular Hbond substituents is 1. The first-order valence-electron chi connectivity index (χ1n) is 13.1. The van der Waals surface area contributed by atoms with Gasteiger partial charge in [-0.3, -0.25) is 13.9 Å². The monoisotopic (exact) mass is 524 g/mol. The van der Waals surface area contributed by atoms with Crippen molar-refractivity contribution in [1.29, 1.82) is 0 Å². The molecule has 6 N–H and O–H groups in total. The van der Waals surface area contributed by atoms with E-state index in [1.807, 2.05) is 18.2 Å². The minimum Gasteiger partial charge on any atom is -0.506 e. The van der Waals surface area contributed by atoms with E-state index in [4.69, 9.17) is 23.3 Å². The molecule has 0 saturated carbocycles. The van der Waals surface area contributed by atoms with Crippen molar-refractivity contribution in [2.45, 2.75) is 96.8 Å². The lowest BCUT2D eigenvalue weighted by Crippen LogP contribution is -2.24. The summed E-state index contributed by atoms with van der Waals surface area (Å²) in [6.45, 7) is 2.90. The molecule has 2 aromatic rings. The molecule has 0 saturated heterocycles. The number of nitrogens with one attached hydrogen (secondary N) is 1. The maximum Gasteiger partial charge on any atom is 0.394 e.